The summed E-state index contributed by atoms with van der Waals surface area (Å²) in [6.07, 6.45) is 7.98. The maximum atomic E-state index is 14.2. The number of imidazole rings is 1. The van der Waals surface area contributed by atoms with Crippen molar-refractivity contribution in [1.29, 1.82) is 5.26 Å². The predicted octanol–water partition coefficient (Wildman–Crippen LogP) is 4.33. The summed E-state index contributed by atoms with van der Waals surface area (Å²) in [6.45, 7) is 0.683. The van der Waals surface area contributed by atoms with E-state index in [4.69, 9.17) is 0 Å². The number of para-hydroxylation sites is 1. The van der Waals surface area contributed by atoms with Gasteiger partial charge in [0.05, 0.1) is 29.6 Å². The lowest BCUT2D eigenvalue weighted by molar-refractivity contribution is -0.138. The zero-order chi connectivity index (χ0) is 25.4. The highest BCUT2D eigenvalue weighted by molar-refractivity contribution is 5.95. The second-order valence-corrected chi connectivity index (χ2v) is 10.3. The molecule has 8 heteroatoms. The molecule has 37 heavy (non-hydrogen) atoms. The number of aromatic amines is 1. The number of likely N-dealkylation sites (tertiary alicyclic amines) is 1. The van der Waals surface area contributed by atoms with Gasteiger partial charge in [0.25, 0.3) is 5.91 Å². The van der Waals surface area contributed by atoms with E-state index in [9.17, 15) is 14.9 Å². The molecule has 3 aromatic rings. The van der Waals surface area contributed by atoms with E-state index in [0.29, 0.717) is 17.7 Å². The van der Waals surface area contributed by atoms with E-state index in [1.165, 1.54) is 0 Å². The summed E-state index contributed by atoms with van der Waals surface area (Å²) in [6, 6.07) is 16.8. The first-order valence-corrected chi connectivity index (χ1v) is 13.1. The molecule has 1 aliphatic carbocycles. The molecule has 1 saturated carbocycles. The number of fused-ring (bicyclic) bond motifs is 3. The van der Waals surface area contributed by atoms with Crippen LogP contribution in [-0.2, 0) is 4.79 Å². The van der Waals surface area contributed by atoms with E-state index in [-0.39, 0.29) is 41.8 Å². The van der Waals surface area contributed by atoms with Crippen LogP contribution in [0.4, 0.5) is 5.69 Å². The van der Waals surface area contributed by atoms with Crippen LogP contribution >= 0.6 is 0 Å². The Bertz CT molecular complexity index is 1350. The van der Waals surface area contributed by atoms with E-state index in [1.807, 2.05) is 18.3 Å². The third-order valence-corrected chi connectivity index (χ3v) is 8.21. The van der Waals surface area contributed by atoms with Gasteiger partial charge in [0.1, 0.15) is 5.82 Å². The van der Waals surface area contributed by atoms with E-state index in [0.717, 1.165) is 49.2 Å². The first kappa shape index (κ1) is 23.3. The topological polar surface area (TPSA) is 114 Å². The van der Waals surface area contributed by atoms with Crippen LogP contribution in [0.1, 0.15) is 71.5 Å². The molecule has 8 nitrogen and oxygen atoms in total. The minimum Gasteiger partial charge on any atom is -0.375 e. The number of H-pyrrole nitrogens is 1. The number of anilines is 1. The van der Waals surface area contributed by atoms with Gasteiger partial charge in [-0.1, -0.05) is 37.1 Å². The fraction of sp³-hybridized carbons (Fsp3) is 0.379. The molecule has 6 rings (SSSR count). The summed E-state index contributed by atoms with van der Waals surface area (Å²) in [5, 5.41) is 16.0. The van der Waals surface area contributed by atoms with E-state index < -0.39 is 0 Å². The predicted molar refractivity (Wildman–Crippen MR) is 138 cm³/mol. The molecule has 1 aromatic heterocycles. The van der Waals surface area contributed by atoms with Gasteiger partial charge >= 0.3 is 0 Å². The second kappa shape index (κ2) is 9.74. The zero-order valence-corrected chi connectivity index (χ0v) is 20.6. The molecule has 188 valence electrons. The normalized spacial score (nSPS) is 26.4. The summed E-state index contributed by atoms with van der Waals surface area (Å²) in [5.41, 5.74) is 3.08. The Morgan fingerprint density at radius 2 is 1.95 bits per heavy atom. The summed E-state index contributed by atoms with van der Waals surface area (Å²) >= 11 is 0. The molecule has 5 atom stereocenters. The van der Waals surface area contributed by atoms with Gasteiger partial charge in [0.15, 0.2) is 0 Å². The maximum absolute atomic E-state index is 14.2. The van der Waals surface area contributed by atoms with Crippen molar-refractivity contribution >= 4 is 17.5 Å². The number of rotatable bonds is 4. The third-order valence-electron chi connectivity index (χ3n) is 8.21. The Hall–Kier alpha value is -4.12. The highest BCUT2D eigenvalue weighted by atomic mass is 16.2. The van der Waals surface area contributed by atoms with E-state index in [1.54, 1.807) is 30.5 Å². The van der Waals surface area contributed by atoms with Crippen molar-refractivity contribution in [2.24, 2.45) is 11.8 Å². The summed E-state index contributed by atoms with van der Waals surface area (Å²) in [5.74, 6) is 0.723. The molecule has 3 heterocycles. The molecule has 2 aromatic carbocycles. The van der Waals surface area contributed by atoms with Crippen LogP contribution in [-0.4, -0.2) is 39.3 Å². The molecular weight excluding hydrogens is 464 g/mol. The lowest BCUT2D eigenvalue weighted by atomic mass is 9.80. The number of nitriles is 1. The van der Waals surface area contributed by atoms with Gasteiger partial charge in [0.2, 0.25) is 5.91 Å². The van der Waals surface area contributed by atoms with Gasteiger partial charge in [-0.2, -0.15) is 5.26 Å². The molecule has 2 fully saturated rings. The molecule has 1 saturated heterocycles. The van der Waals surface area contributed by atoms with Crippen molar-refractivity contribution in [3.05, 3.63) is 83.4 Å². The van der Waals surface area contributed by atoms with Crippen molar-refractivity contribution in [3.8, 4) is 6.07 Å². The lowest BCUT2D eigenvalue weighted by Gasteiger charge is -2.41. The Morgan fingerprint density at radius 3 is 2.78 bits per heavy atom. The molecular formula is C29H30N6O2. The molecule has 3 aliphatic rings. The van der Waals surface area contributed by atoms with Crippen LogP contribution in [0.25, 0.3) is 0 Å². The highest BCUT2D eigenvalue weighted by Crippen LogP contribution is 2.51. The van der Waals surface area contributed by atoms with Gasteiger partial charge in [-0.05, 0) is 49.1 Å². The number of carbonyl (C=O) groups is 2. The minimum atomic E-state index is -0.264. The van der Waals surface area contributed by atoms with Gasteiger partial charge in [0, 0.05) is 42.1 Å². The number of hydrogen-bond donors (Lipinski definition) is 3. The molecule has 0 spiro atoms. The SMILES string of the molecule is N#Cc1cccc(C(=O)N[C@@H]2CCCC[C@@H]2C(=O)N2CC[C@H]3[C@H](c4ncc[nH]4)Nc4ccccc4[C@@H]32)c1. The van der Waals surface area contributed by atoms with E-state index in [2.05, 4.69) is 43.7 Å². The molecule has 0 bridgehead atoms. The average Bonchev–Trinajstić information content (AvgIpc) is 3.64. The number of nitrogens with zero attached hydrogens (tertiary/aromatic N) is 3. The van der Waals surface area contributed by atoms with Crippen LogP contribution in [0.5, 0.6) is 0 Å². The third kappa shape index (κ3) is 4.25. The maximum Gasteiger partial charge on any atom is 0.251 e. The molecule has 3 N–H and O–H groups in total. The average molecular weight is 495 g/mol. The van der Waals surface area contributed by atoms with Gasteiger partial charge in [-0.15, -0.1) is 0 Å². The molecule has 0 radical (unpaired) electrons. The molecule has 2 amide bonds. The Kier molecular flexibility index (Phi) is 6.13. The second-order valence-electron chi connectivity index (χ2n) is 10.3. The number of nitrogens with one attached hydrogen (secondary N) is 3. The molecule has 0 unspecified atom stereocenters. The number of carbonyl (C=O) groups excluding carboxylic acids is 2. The Labute approximate surface area is 216 Å². The smallest absolute Gasteiger partial charge is 0.251 e. The number of hydrogen-bond acceptors (Lipinski definition) is 5. The van der Waals surface area contributed by atoms with Crippen molar-refractivity contribution < 1.29 is 9.59 Å². The Balaban J connectivity index is 1.26. The van der Waals surface area contributed by atoms with Crippen molar-refractivity contribution in [2.45, 2.75) is 50.2 Å². The Morgan fingerprint density at radius 1 is 1.08 bits per heavy atom. The first-order valence-electron chi connectivity index (χ1n) is 13.1. The van der Waals surface area contributed by atoms with Crippen LogP contribution in [0.3, 0.4) is 0 Å². The lowest BCUT2D eigenvalue weighted by Crippen LogP contribution is -2.50. The zero-order valence-electron chi connectivity index (χ0n) is 20.6. The largest absolute Gasteiger partial charge is 0.375 e. The number of amides is 2. The van der Waals surface area contributed by atoms with E-state index >= 15 is 0 Å². The fourth-order valence-corrected chi connectivity index (χ4v) is 6.48. The summed E-state index contributed by atoms with van der Waals surface area (Å²) in [7, 11) is 0. The highest BCUT2D eigenvalue weighted by Gasteiger charge is 2.49. The van der Waals surface area contributed by atoms with Crippen LogP contribution < -0.4 is 10.6 Å². The van der Waals surface area contributed by atoms with Crippen molar-refractivity contribution in [3.63, 3.8) is 0 Å². The fourth-order valence-electron chi connectivity index (χ4n) is 6.48. The number of benzene rings is 2. The minimum absolute atomic E-state index is 0.00182. The monoisotopic (exact) mass is 494 g/mol. The van der Waals surface area contributed by atoms with Crippen LogP contribution in [0.15, 0.2) is 60.9 Å². The summed E-state index contributed by atoms with van der Waals surface area (Å²) < 4.78 is 0. The van der Waals surface area contributed by atoms with Gasteiger partial charge in [-0.25, -0.2) is 4.98 Å². The molecule has 2 aliphatic heterocycles. The van der Waals surface area contributed by atoms with Gasteiger partial charge < -0.3 is 20.5 Å². The van der Waals surface area contributed by atoms with Crippen molar-refractivity contribution in [2.75, 3.05) is 11.9 Å². The van der Waals surface area contributed by atoms with Crippen LogP contribution in [0.2, 0.25) is 0 Å². The summed E-state index contributed by atoms with van der Waals surface area (Å²) in [4.78, 5) is 37.1. The van der Waals surface area contributed by atoms with Gasteiger partial charge in [-0.3, -0.25) is 9.59 Å². The number of aromatic nitrogens is 2. The first-order chi connectivity index (χ1) is 18.1. The standard InChI is InChI=1S/C29H30N6O2/c30-17-18-6-5-7-19(16-18)28(36)34-24-11-4-2-9-21(24)29(37)35-15-12-22-25(27-31-13-14-32-27)33-23-10-3-1-8-20(23)26(22)35/h1,3,5-8,10,13-14,16,21-22,24-26,33H,2,4,9,11-12,15H2,(H,31,32)(H,34,36)/t21-,22-,24+,25+,26-/m0/s1. The van der Waals surface area contributed by atoms with Crippen LogP contribution in [0, 0.1) is 23.2 Å². The van der Waals surface area contributed by atoms with Crippen molar-refractivity contribution in [1.82, 2.24) is 20.2 Å². The quantitative estimate of drug-likeness (QED) is 0.500.